The molecule has 0 aliphatic carbocycles. The molecular weight excluding hydrogens is 1550 g/mol. The molecule has 12 aromatic carbocycles. The average molecular weight is 1670 g/mol. The van der Waals surface area contributed by atoms with E-state index < -0.39 is 9.85 Å². The number of ether oxygens (including phenoxy) is 1. The van der Waals surface area contributed by atoms with Gasteiger partial charge in [0.1, 0.15) is 0 Å². The molecule has 4 saturated heterocycles. The summed E-state index contributed by atoms with van der Waals surface area (Å²) in [4.78, 5) is 29.0. The number of nitrogens with two attached hydrogens (primary N) is 1. The Labute approximate surface area is 725 Å². The van der Waals surface area contributed by atoms with Gasteiger partial charge in [0.05, 0.1) is 46.2 Å². The van der Waals surface area contributed by atoms with E-state index in [2.05, 4.69) is 289 Å². The predicted octanol–water partition coefficient (Wildman–Crippen LogP) is 21.7. The number of nitrogens with zero attached hydrogens (tertiary/aromatic N) is 6. The van der Waals surface area contributed by atoms with Crippen molar-refractivity contribution < 1.29 is 85.1 Å². The standard InChI is InChI=1S/C18H21NO.C16H17NO.2C16H16N.C7H9N.2C6H5NO2.C6H7N.C3H8.CH4.2CH3.2Y/c1-2-20-17-13-19(14-17)18(15-9-5-3-6-10-15)16-11-7-4-8-12-16;18-15-11-17(12-15)16(13-7-3-1-4-8-13)14-9-5-2-6-10-14;2*1-3-8-14(9-4-1)16(17-12-7-13-17)15-10-5-2-6-11-15;1-8-7-5-3-2-4-6-7;2*8-7(9)6-4-2-1-3-5-6;7-6-4-2-1-3-5-6;1-3-2;;;;;/h3-12,17-18H,2,13-14H2,1H3;1-10,15-16,18H,11-12H2;2*1-11,16H,12-13H2;2-6,8H,1H3;2*1-5H;1-5H,7H2;3H2,1-2H3;1H4;2*1H3;;/q;;2*-1;;;;;;;2*-1;;. The number of benzene rings is 12. The van der Waals surface area contributed by atoms with Crippen molar-refractivity contribution in [3.05, 3.63) is 456 Å². The van der Waals surface area contributed by atoms with Gasteiger partial charge in [-0.05, 0) is 75.7 Å². The van der Waals surface area contributed by atoms with Crippen LogP contribution >= 0.6 is 0 Å². The zero-order valence-corrected chi connectivity index (χ0v) is 71.4. The maximum Gasteiger partial charge on any atom is 0.269 e. The first-order valence-corrected chi connectivity index (χ1v) is 37.2. The van der Waals surface area contributed by atoms with Gasteiger partial charge in [0, 0.05) is 141 Å². The second-order valence-corrected chi connectivity index (χ2v) is 25.9. The summed E-state index contributed by atoms with van der Waals surface area (Å²) in [5.41, 5.74) is 18.4. The molecule has 12 aromatic rings. The normalized spacial score (nSPS) is 13.0. The van der Waals surface area contributed by atoms with Crippen LogP contribution in [0, 0.1) is 47.9 Å². The molecular formula is C97H114N8O6Y2-4. The van der Waals surface area contributed by atoms with Gasteiger partial charge < -0.3 is 58.4 Å². The van der Waals surface area contributed by atoms with E-state index in [4.69, 9.17) is 10.5 Å². The van der Waals surface area contributed by atoms with Crippen molar-refractivity contribution in [1.82, 2.24) is 19.6 Å². The van der Waals surface area contributed by atoms with Crippen molar-refractivity contribution in [2.75, 3.05) is 77.1 Å². The van der Waals surface area contributed by atoms with Gasteiger partial charge in [0.2, 0.25) is 0 Å². The zero-order valence-electron chi connectivity index (χ0n) is 65.7. The molecule has 0 bridgehead atoms. The summed E-state index contributed by atoms with van der Waals surface area (Å²) in [7, 11) is 1.91. The number of para-hydroxylation sites is 4. The Bertz CT molecular complexity index is 3990. The molecule has 2 radical (unpaired) electrons. The molecule has 113 heavy (non-hydrogen) atoms. The molecule has 0 aromatic heterocycles. The summed E-state index contributed by atoms with van der Waals surface area (Å²) in [6.07, 6.45) is 6.12. The molecule has 4 aliphatic rings. The minimum Gasteiger partial charge on any atom is -0.399 e. The fourth-order valence-electron chi connectivity index (χ4n) is 12.4. The van der Waals surface area contributed by atoms with E-state index in [1.807, 2.05) is 79.8 Å². The van der Waals surface area contributed by atoms with Gasteiger partial charge in [-0.15, -0.1) is 26.2 Å². The summed E-state index contributed by atoms with van der Waals surface area (Å²) >= 11 is 0. The van der Waals surface area contributed by atoms with Crippen molar-refractivity contribution in [2.45, 2.75) is 71.0 Å². The van der Waals surface area contributed by atoms with Gasteiger partial charge in [-0.1, -0.05) is 343 Å². The number of hydrogen-bond donors (Lipinski definition) is 3. The number of aliphatic hydroxyl groups is 1. The quantitative estimate of drug-likeness (QED) is 0.0342. The first-order chi connectivity index (χ1) is 53.0. The number of aliphatic hydroxyl groups excluding tert-OH is 1. The monoisotopic (exact) mass is 1660 g/mol. The zero-order chi connectivity index (χ0) is 76.2. The third-order valence-corrected chi connectivity index (χ3v) is 17.8. The summed E-state index contributed by atoms with van der Waals surface area (Å²) in [6.45, 7) is 15.0. The van der Waals surface area contributed by atoms with Gasteiger partial charge in [-0.2, -0.15) is 0 Å². The number of nitrogens with one attached hydrogen (secondary N) is 1. The smallest absolute Gasteiger partial charge is 0.269 e. The van der Waals surface area contributed by atoms with Crippen LogP contribution in [0.5, 0.6) is 0 Å². The number of nitro benzene ring substituents is 2. The van der Waals surface area contributed by atoms with Crippen LogP contribution in [-0.4, -0.2) is 113 Å². The summed E-state index contributed by atoms with van der Waals surface area (Å²) in [6, 6.07) is 122. The van der Waals surface area contributed by atoms with Gasteiger partial charge in [-0.25, -0.2) is 0 Å². The van der Waals surface area contributed by atoms with E-state index >= 15 is 0 Å². The molecule has 0 unspecified atom stereocenters. The van der Waals surface area contributed by atoms with Gasteiger partial charge in [0.15, 0.2) is 0 Å². The van der Waals surface area contributed by atoms with Crippen LogP contribution < -0.4 is 11.1 Å². The van der Waals surface area contributed by atoms with E-state index in [0.717, 1.165) is 70.3 Å². The second-order valence-electron chi connectivity index (χ2n) is 25.9. The SMILES string of the molecule is C.CCC.CCOC1CN(C(c2ccccc2)c2ccccc2)C1.CNc1ccccc1.Nc1ccccc1.O=[N+]([O-])c1ccccc1.O=[N+]([O-])c1ccccc1.OC1CN(C(c2ccccc2)c2ccccc2)C1.[CH3-].[CH3-].[Y].[Y].c1ccc(C(c2ccccc2)N2C[CH-]C2)cc1.c1ccc(C(c2ccccc2)N2C[CH-]C2)cc1. The Hall–Kier alpha value is -8.99. The van der Waals surface area contributed by atoms with Crippen LogP contribution in [0.3, 0.4) is 0 Å². The number of nitrogen functional groups attached to an aromatic ring is 1. The Morgan fingerprint density at radius 2 is 0.584 bits per heavy atom. The van der Waals surface area contributed by atoms with Crippen LogP contribution in [0.2, 0.25) is 0 Å². The van der Waals surface area contributed by atoms with Crippen molar-refractivity contribution in [3.8, 4) is 0 Å². The Balaban J connectivity index is 0.000000338. The topological polar surface area (TPSA) is 167 Å². The Morgan fingerprint density at radius 3 is 0.743 bits per heavy atom. The Morgan fingerprint density at radius 1 is 0.381 bits per heavy atom. The minimum absolute atomic E-state index is 0. The number of hydrogen-bond acceptors (Lipinski definition) is 12. The van der Waals surface area contributed by atoms with E-state index in [-0.39, 0.29) is 111 Å². The van der Waals surface area contributed by atoms with E-state index in [0.29, 0.717) is 24.2 Å². The first kappa shape index (κ1) is 98.2. The molecule has 0 spiro atoms. The molecule has 4 heterocycles. The van der Waals surface area contributed by atoms with Crippen molar-refractivity contribution in [2.24, 2.45) is 0 Å². The maximum absolute atomic E-state index is 10.0. The molecule has 4 aliphatic heterocycles. The van der Waals surface area contributed by atoms with Crippen LogP contribution in [0.4, 0.5) is 22.7 Å². The minimum atomic E-state index is -0.417. The molecule has 0 atom stereocenters. The molecule has 4 fully saturated rings. The van der Waals surface area contributed by atoms with Crippen LogP contribution in [0.15, 0.2) is 364 Å². The van der Waals surface area contributed by atoms with Crippen LogP contribution in [0.25, 0.3) is 0 Å². The molecule has 14 nitrogen and oxygen atoms in total. The number of rotatable bonds is 17. The van der Waals surface area contributed by atoms with Gasteiger partial charge >= 0.3 is 0 Å². The van der Waals surface area contributed by atoms with Crippen LogP contribution in [0.1, 0.15) is 103 Å². The molecule has 0 saturated carbocycles. The first-order valence-electron chi connectivity index (χ1n) is 37.2. The Kier molecular flexibility index (Phi) is 49.6. The largest absolute Gasteiger partial charge is 0.399 e. The maximum atomic E-state index is 10.0. The average Bonchev–Trinajstić information content (AvgIpc) is 0.822. The van der Waals surface area contributed by atoms with E-state index in [1.54, 1.807) is 36.4 Å². The van der Waals surface area contributed by atoms with Crippen molar-refractivity contribution >= 4 is 22.7 Å². The second kappa shape index (κ2) is 57.1. The fraction of sp³-hybridized carbons (Fsp3) is 0.216. The number of likely N-dealkylation sites (tertiary alicyclic amines) is 4. The third-order valence-electron chi connectivity index (χ3n) is 17.8. The number of β-amino-alcohol motifs (C(OH)–C–C–N with tert-alkyl or cyclic N) is 1. The van der Waals surface area contributed by atoms with Gasteiger partial charge in [-0.3, -0.25) is 30.0 Å². The summed E-state index contributed by atoms with van der Waals surface area (Å²) in [5.74, 6) is 0. The molecule has 16 heteroatoms. The fourth-order valence-corrected chi connectivity index (χ4v) is 12.4. The molecule has 4 N–H and O–H groups in total. The third kappa shape index (κ3) is 33.9. The number of anilines is 2. The number of non-ortho nitro benzene ring substituents is 2. The van der Waals surface area contributed by atoms with Crippen molar-refractivity contribution in [1.29, 1.82) is 0 Å². The number of nitro groups is 2. The summed E-state index contributed by atoms with van der Waals surface area (Å²) in [5, 5.41) is 32.6. The molecule has 588 valence electrons. The molecule has 0 amide bonds. The van der Waals surface area contributed by atoms with E-state index in [1.165, 1.54) is 75.2 Å². The van der Waals surface area contributed by atoms with Crippen molar-refractivity contribution in [3.63, 3.8) is 0 Å². The van der Waals surface area contributed by atoms with Crippen LogP contribution in [-0.2, 0) is 70.2 Å². The van der Waals surface area contributed by atoms with E-state index in [9.17, 15) is 25.3 Å². The summed E-state index contributed by atoms with van der Waals surface area (Å²) < 4.78 is 5.69. The predicted molar refractivity (Wildman–Crippen MR) is 464 cm³/mol. The molecule has 16 rings (SSSR count). The van der Waals surface area contributed by atoms with Gasteiger partial charge in [0.25, 0.3) is 11.4 Å².